The maximum Gasteiger partial charge on any atom is 0.218 e. The number of aromatic nitrogens is 1. The monoisotopic (exact) mass is 288 g/mol. The normalized spacial score (nSPS) is 11.8. The standard InChI is InChI=1S/C16H20N2O3/c1-17-15(13-6-5-9-18-16(13)21-4)12-8-7-11(19-2)10-14(12)20-3/h5-10,15,17H,1-4H3. The number of hydrogen-bond donors (Lipinski definition) is 1. The van der Waals surface area contributed by atoms with Crippen molar-refractivity contribution in [3.63, 3.8) is 0 Å². The molecule has 1 N–H and O–H groups in total. The zero-order chi connectivity index (χ0) is 15.2. The number of hydrogen-bond acceptors (Lipinski definition) is 5. The highest BCUT2D eigenvalue weighted by atomic mass is 16.5. The molecule has 2 aromatic rings. The Morgan fingerprint density at radius 3 is 2.43 bits per heavy atom. The summed E-state index contributed by atoms with van der Waals surface area (Å²) in [6.45, 7) is 0. The van der Waals surface area contributed by atoms with E-state index in [1.165, 1.54) is 0 Å². The summed E-state index contributed by atoms with van der Waals surface area (Å²) in [6.07, 6.45) is 1.71. The van der Waals surface area contributed by atoms with Crippen LogP contribution in [-0.4, -0.2) is 33.4 Å². The van der Waals surface area contributed by atoms with Crippen molar-refractivity contribution in [2.24, 2.45) is 0 Å². The van der Waals surface area contributed by atoms with E-state index in [4.69, 9.17) is 14.2 Å². The molecule has 0 aliphatic heterocycles. The highest BCUT2D eigenvalue weighted by Crippen LogP contribution is 2.35. The molecule has 21 heavy (non-hydrogen) atoms. The molecule has 112 valence electrons. The second-order valence-corrected chi connectivity index (χ2v) is 4.43. The molecule has 1 atom stereocenters. The van der Waals surface area contributed by atoms with Gasteiger partial charge in [0.2, 0.25) is 5.88 Å². The zero-order valence-electron chi connectivity index (χ0n) is 12.7. The van der Waals surface area contributed by atoms with Crippen LogP contribution in [0.15, 0.2) is 36.5 Å². The molecular formula is C16H20N2O3. The van der Waals surface area contributed by atoms with Gasteiger partial charge in [-0.05, 0) is 25.2 Å². The molecule has 0 fully saturated rings. The predicted octanol–water partition coefficient (Wildman–Crippen LogP) is 2.42. The Morgan fingerprint density at radius 1 is 1.00 bits per heavy atom. The van der Waals surface area contributed by atoms with Crippen LogP contribution in [0.4, 0.5) is 0 Å². The first-order valence-electron chi connectivity index (χ1n) is 6.63. The van der Waals surface area contributed by atoms with Gasteiger partial charge in [-0.3, -0.25) is 0 Å². The van der Waals surface area contributed by atoms with E-state index in [-0.39, 0.29) is 6.04 Å². The van der Waals surface area contributed by atoms with Gasteiger partial charge in [0.05, 0.1) is 27.4 Å². The third kappa shape index (κ3) is 3.08. The lowest BCUT2D eigenvalue weighted by molar-refractivity contribution is 0.380. The molecule has 1 heterocycles. The summed E-state index contributed by atoms with van der Waals surface area (Å²) < 4.78 is 16.1. The fraction of sp³-hybridized carbons (Fsp3) is 0.312. The number of ether oxygens (including phenoxy) is 3. The molecule has 1 aromatic heterocycles. The maximum absolute atomic E-state index is 5.48. The van der Waals surface area contributed by atoms with Crippen LogP contribution in [0.3, 0.4) is 0 Å². The van der Waals surface area contributed by atoms with Crippen LogP contribution in [0.1, 0.15) is 17.2 Å². The highest BCUT2D eigenvalue weighted by molar-refractivity contribution is 5.47. The minimum atomic E-state index is -0.0884. The van der Waals surface area contributed by atoms with Crippen molar-refractivity contribution < 1.29 is 14.2 Å². The van der Waals surface area contributed by atoms with Gasteiger partial charge in [-0.15, -0.1) is 0 Å². The Kier molecular flexibility index (Phi) is 5.00. The van der Waals surface area contributed by atoms with E-state index in [1.807, 2.05) is 37.4 Å². The Balaban J connectivity index is 2.51. The van der Waals surface area contributed by atoms with E-state index >= 15 is 0 Å². The third-order valence-corrected chi connectivity index (χ3v) is 3.35. The van der Waals surface area contributed by atoms with Crippen molar-refractivity contribution in [3.8, 4) is 17.4 Å². The third-order valence-electron chi connectivity index (χ3n) is 3.35. The van der Waals surface area contributed by atoms with Crippen molar-refractivity contribution in [2.45, 2.75) is 6.04 Å². The molecule has 2 rings (SSSR count). The van der Waals surface area contributed by atoms with Crippen LogP contribution >= 0.6 is 0 Å². The molecule has 0 saturated carbocycles. The molecule has 1 aromatic carbocycles. The molecule has 0 aliphatic rings. The fourth-order valence-corrected chi connectivity index (χ4v) is 2.33. The minimum Gasteiger partial charge on any atom is -0.497 e. The van der Waals surface area contributed by atoms with Crippen molar-refractivity contribution >= 4 is 0 Å². The molecule has 0 amide bonds. The summed E-state index contributed by atoms with van der Waals surface area (Å²) in [5.74, 6) is 2.10. The largest absolute Gasteiger partial charge is 0.497 e. The van der Waals surface area contributed by atoms with E-state index in [0.717, 1.165) is 22.6 Å². The van der Waals surface area contributed by atoms with Crippen LogP contribution < -0.4 is 19.5 Å². The van der Waals surface area contributed by atoms with E-state index in [1.54, 1.807) is 27.5 Å². The average Bonchev–Trinajstić information content (AvgIpc) is 2.56. The van der Waals surface area contributed by atoms with Crippen molar-refractivity contribution in [2.75, 3.05) is 28.4 Å². The van der Waals surface area contributed by atoms with Gasteiger partial charge < -0.3 is 19.5 Å². The van der Waals surface area contributed by atoms with Crippen LogP contribution in [-0.2, 0) is 0 Å². The Labute approximate surface area is 124 Å². The van der Waals surface area contributed by atoms with E-state index in [2.05, 4.69) is 10.3 Å². The second kappa shape index (κ2) is 6.95. The van der Waals surface area contributed by atoms with Gasteiger partial charge in [0.1, 0.15) is 11.5 Å². The van der Waals surface area contributed by atoms with Gasteiger partial charge in [-0.2, -0.15) is 0 Å². The molecule has 0 bridgehead atoms. The van der Waals surface area contributed by atoms with Gasteiger partial charge in [0.25, 0.3) is 0 Å². The van der Waals surface area contributed by atoms with Gasteiger partial charge in [-0.1, -0.05) is 6.07 Å². The first kappa shape index (κ1) is 15.1. The number of nitrogens with zero attached hydrogens (tertiary/aromatic N) is 1. The molecule has 0 spiro atoms. The Morgan fingerprint density at radius 2 is 1.81 bits per heavy atom. The Bertz CT molecular complexity index is 602. The molecule has 5 nitrogen and oxygen atoms in total. The summed E-state index contributed by atoms with van der Waals surface area (Å²) in [6, 6.07) is 9.53. The number of methoxy groups -OCH3 is 3. The summed E-state index contributed by atoms with van der Waals surface area (Å²) in [5.41, 5.74) is 1.94. The van der Waals surface area contributed by atoms with E-state index in [0.29, 0.717) is 5.88 Å². The number of nitrogens with one attached hydrogen (secondary N) is 1. The lowest BCUT2D eigenvalue weighted by Gasteiger charge is -2.21. The van der Waals surface area contributed by atoms with Crippen LogP contribution in [0.5, 0.6) is 17.4 Å². The van der Waals surface area contributed by atoms with E-state index < -0.39 is 0 Å². The van der Waals surface area contributed by atoms with Gasteiger partial charge in [-0.25, -0.2) is 4.98 Å². The van der Waals surface area contributed by atoms with Gasteiger partial charge >= 0.3 is 0 Å². The van der Waals surface area contributed by atoms with Gasteiger partial charge in [0.15, 0.2) is 0 Å². The average molecular weight is 288 g/mol. The first-order chi connectivity index (χ1) is 10.2. The summed E-state index contributed by atoms with van der Waals surface area (Å²) >= 11 is 0. The maximum atomic E-state index is 5.48. The molecule has 0 saturated heterocycles. The highest BCUT2D eigenvalue weighted by Gasteiger charge is 2.21. The topological polar surface area (TPSA) is 52.6 Å². The van der Waals surface area contributed by atoms with Crippen LogP contribution in [0.25, 0.3) is 0 Å². The van der Waals surface area contributed by atoms with Gasteiger partial charge in [0, 0.05) is 23.4 Å². The Hall–Kier alpha value is -2.27. The molecular weight excluding hydrogens is 268 g/mol. The SMILES string of the molecule is CNC(c1ccc(OC)cc1OC)c1cccnc1OC. The lowest BCUT2D eigenvalue weighted by atomic mass is 9.98. The quantitative estimate of drug-likeness (QED) is 0.884. The fourth-order valence-electron chi connectivity index (χ4n) is 2.33. The minimum absolute atomic E-state index is 0.0884. The molecule has 5 heteroatoms. The number of benzene rings is 1. The van der Waals surface area contributed by atoms with Crippen LogP contribution in [0, 0.1) is 0 Å². The molecule has 0 radical (unpaired) electrons. The van der Waals surface area contributed by atoms with Crippen molar-refractivity contribution in [3.05, 3.63) is 47.7 Å². The van der Waals surface area contributed by atoms with Crippen LogP contribution in [0.2, 0.25) is 0 Å². The van der Waals surface area contributed by atoms with E-state index in [9.17, 15) is 0 Å². The molecule has 1 unspecified atom stereocenters. The summed E-state index contributed by atoms with van der Waals surface area (Å²) in [4.78, 5) is 4.25. The zero-order valence-corrected chi connectivity index (χ0v) is 12.7. The first-order valence-corrected chi connectivity index (χ1v) is 6.63. The summed E-state index contributed by atoms with van der Waals surface area (Å²) in [5, 5.41) is 3.28. The molecule has 0 aliphatic carbocycles. The summed E-state index contributed by atoms with van der Waals surface area (Å²) in [7, 11) is 6.78. The number of rotatable bonds is 6. The second-order valence-electron chi connectivity index (χ2n) is 4.43. The smallest absolute Gasteiger partial charge is 0.218 e. The van der Waals surface area contributed by atoms with Crippen molar-refractivity contribution in [1.29, 1.82) is 0 Å². The number of pyridine rings is 1. The lowest BCUT2D eigenvalue weighted by Crippen LogP contribution is -2.19. The predicted molar refractivity (Wildman–Crippen MR) is 81.2 cm³/mol. The van der Waals surface area contributed by atoms with Crippen molar-refractivity contribution in [1.82, 2.24) is 10.3 Å².